The summed E-state index contributed by atoms with van der Waals surface area (Å²) in [7, 11) is 0. The zero-order valence-electron chi connectivity index (χ0n) is 10.6. The summed E-state index contributed by atoms with van der Waals surface area (Å²) < 4.78 is 1.57. The van der Waals surface area contributed by atoms with E-state index in [4.69, 9.17) is 0 Å². The molecule has 1 amide bonds. The smallest absolute Gasteiger partial charge is 0.250 e. The number of hydrogen-bond donors (Lipinski definition) is 2. The molecule has 0 radical (unpaired) electrons. The Labute approximate surface area is 106 Å². The highest BCUT2D eigenvalue weighted by atomic mass is 16.1. The fourth-order valence-corrected chi connectivity index (χ4v) is 1.75. The Morgan fingerprint density at radius 1 is 1.44 bits per heavy atom. The number of rotatable bonds is 6. The third-order valence-electron chi connectivity index (χ3n) is 2.97. The SMILES string of the molecule is CCn1cc(NC(=O)CCNC2CC2)ccc1=O. The molecule has 1 aromatic rings. The summed E-state index contributed by atoms with van der Waals surface area (Å²) in [5, 5.41) is 6.09. The van der Waals surface area contributed by atoms with Gasteiger partial charge in [-0.25, -0.2) is 0 Å². The molecule has 1 aliphatic carbocycles. The van der Waals surface area contributed by atoms with Crippen LogP contribution in [0.2, 0.25) is 0 Å². The second kappa shape index (κ2) is 5.82. The summed E-state index contributed by atoms with van der Waals surface area (Å²) in [6.45, 7) is 3.21. The van der Waals surface area contributed by atoms with Crippen molar-refractivity contribution in [3.63, 3.8) is 0 Å². The van der Waals surface area contributed by atoms with E-state index >= 15 is 0 Å². The van der Waals surface area contributed by atoms with E-state index in [9.17, 15) is 9.59 Å². The minimum atomic E-state index is -0.0501. The standard InChI is InChI=1S/C13H19N3O2/c1-2-16-9-11(5-6-13(16)18)15-12(17)7-8-14-10-3-4-10/h5-6,9-10,14H,2-4,7-8H2,1H3,(H,15,17). The fourth-order valence-electron chi connectivity index (χ4n) is 1.75. The molecule has 18 heavy (non-hydrogen) atoms. The van der Waals surface area contributed by atoms with E-state index in [-0.39, 0.29) is 11.5 Å². The van der Waals surface area contributed by atoms with Crippen LogP contribution in [-0.4, -0.2) is 23.1 Å². The molecule has 0 spiro atoms. The maximum atomic E-state index is 11.7. The first kappa shape index (κ1) is 12.8. The van der Waals surface area contributed by atoms with E-state index in [0.717, 1.165) is 0 Å². The molecule has 0 aliphatic heterocycles. The average Bonchev–Trinajstić information content (AvgIpc) is 3.15. The molecule has 1 fully saturated rings. The number of anilines is 1. The Balaban J connectivity index is 1.83. The topological polar surface area (TPSA) is 63.1 Å². The van der Waals surface area contributed by atoms with Crippen LogP contribution in [0.15, 0.2) is 23.1 Å². The van der Waals surface area contributed by atoms with E-state index < -0.39 is 0 Å². The van der Waals surface area contributed by atoms with Gasteiger partial charge in [0, 0.05) is 37.8 Å². The maximum absolute atomic E-state index is 11.7. The second-order valence-corrected chi connectivity index (χ2v) is 4.57. The van der Waals surface area contributed by atoms with Crippen LogP contribution < -0.4 is 16.2 Å². The van der Waals surface area contributed by atoms with Crippen LogP contribution in [0.3, 0.4) is 0 Å². The normalized spacial score (nSPS) is 14.5. The van der Waals surface area contributed by atoms with Gasteiger partial charge in [0.15, 0.2) is 0 Å². The zero-order valence-corrected chi connectivity index (χ0v) is 10.6. The Morgan fingerprint density at radius 2 is 2.22 bits per heavy atom. The summed E-state index contributed by atoms with van der Waals surface area (Å²) in [6.07, 6.45) is 4.59. The lowest BCUT2D eigenvalue weighted by Gasteiger charge is -2.08. The Hall–Kier alpha value is -1.62. The zero-order chi connectivity index (χ0) is 13.0. The molecule has 1 aromatic heterocycles. The van der Waals surface area contributed by atoms with Gasteiger partial charge < -0.3 is 15.2 Å². The monoisotopic (exact) mass is 249 g/mol. The van der Waals surface area contributed by atoms with Crippen LogP contribution in [0, 0.1) is 0 Å². The lowest BCUT2D eigenvalue weighted by atomic mass is 10.3. The molecular weight excluding hydrogens is 230 g/mol. The van der Waals surface area contributed by atoms with Crippen molar-refractivity contribution < 1.29 is 4.79 Å². The summed E-state index contributed by atoms with van der Waals surface area (Å²) in [5.41, 5.74) is 0.624. The van der Waals surface area contributed by atoms with Crippen LogP contribution in [-0.2, 0) is 11.3 Å². The van der Waals surface area contributed by atoms with Crippen LogP contribution in [0.5, 0.6) is 0 Å². The number of carbonyl (C=O) groups excluding carboxylic acids is 1. The molecule has 0 bridgehead atoms. The van der Waals surface area contributed by atoms with Gasteiger partial charge in [-0.05, 0) is 25.8 Å². The summed E-state index contributed by atoms with van der Waals surface area (Å²) in [6, 6.07) is 3.74. The van der Waals surface area contributed by atoms with Crippen molar-refractivity contribution in [1.82, 2.24) is 9.88 Å². The van der Waals surface area contributed by atoms with Crippen molar-refractivity contribution in [3.8, 4) is 0 Å². The quantitative estimate of drug-likeness (QED) is 0.789. The number of aromatic nitrogens is 1. The van der Waals surface area contributed by atoms with Crippen LogP contribution in [0.25, 0.3) is 0 Å². The van der Waals surface area contributed by atoms with Crippen molar-refractivity contribution in [2.24, 2.45) is 0 Å². The van der Waals surface area contributed by atoms with Gasteiger partial charge in [0.25, 0.3) is 5.56 Å². The first-order valence-electron chi connectivity index (χ1n) is 6.43. The predicted octanol–water partition coefficient (Wildman–Crippen LogP) is 0.949. The van der Waals surface area contributed by atoms with Crippen molar-refractivity contribution in [2.75, 3.05) is 11.9 Å². The highest BCUT2D eigenvalue weighted by Crippen LogP contribution is 2.18. The molecule has 1 saturated carbocycles. The number of hydrogen-bond acceptors (Lipinski definition) is 3. The number of pyridine rings is 1. The molecule has 2 N–H and O–H groups in total. The number of aryl methyl sites for hydroxylation is 1. The number of nitrogens with zero attached hydrogens (tertiary/aromatic N) is 1. The molecular formula is C13H19N3O2. The van der Waals surface area contributed by atoms with E-state index in [2.05, 4.69) is 10.6 Å². The predicted molar refractivity (Wildman–Crippen MR) is 70.6 cm³/mol. The fraction of sp³-hybridized carbons (Fsp3) is 0.538. The van der Waals surface area contributed by atoms with E-state index in [1.54, 1.807) is 16.8 Å². The van der Waals surface area contributed by atoms with Gasteiger partial charge in [0.2, 0.25) is 5.91 Å². The maximum Gasteiger partial charge on any atom is 0.250 e. The molecule has 0 unspecified atom stereocenters. The lowest BCUT2D eigenvalue weighted by Crippen LogP contribution is -2.24. The van der Waals surface area contributed by atoms with Crippen LogP contribution in [0.4, 0.5) is 5.69 Å². The van der Waals surface area contributed by atoms with E-state index in [1.165, 1.54) is 18.9 Å². The van der Waals surface area contributed by atoms with Gasteiger partial charge in [0.05, 0.1) is 5.69 Å². The summed E-state index contributed by atoms with van der Waals surface area (Å²) >= 11 is 0. The Kier molecular flexibility index (Phi) is 4.15. The average molecular weight is 249 g/mol. The van der Waals surface area contributed by atoms with Crippen molar-refractivity contribution in [1.29, 1.82) is 0 Å². The van der Waals surface area contributed by atoms with E-state index in [1.807, 2.05) is 6.92 Å². The highest BCUT2D eigenvalue weighted by Gasteiger charge is 2.20. The molecule has 2 rings (SSSR count). The second-order valence-electron chi connectivity index (χ2n) is 4.57. The van der Waals surface area contributed by atoms with Gasteiger partial charge in [-0.15, -0.1) is 0 Å². The third kappa shape index (κ3) is 3.70. The van der Waals surface area contributed by atoms with Gasteiger partial charge in [-0.3, -0.25) is 9.59 Å². The first-order valence-corrected chi connectivity index (χ1v) is 6.43. The van der Waals surface area contributed by atoms with Gasteiger partial charge in [0.1, 0.15) is 0 Å². The third-order valence-corrected chi connectivity index (χ3v) is 2.97. The molecule has 0 saturated heterocycles. The molecule has 1 aliphatic rings. The first-order chi connectivity index (χ1) is 8.69. The largest absolute Gasteiger partial charge is 0.325 e. The summed E-state index contributed by atoms with van der Waals surface area (Å²) in [4.78, 5) is 23.0. The minimum Gasteiger partial charge on any atom is -0.325 e. The molecule has 5 nitrogen and oxygen atoms in total. The Bertz CT molecular complexity index is 477. The lowest BCUT2D eigenvalue weighted by molar-refractivity contribution is -0.116. The van der Waals surface area contributed by atoms with Gasteiger partial charge >= 0.3 is 0 Å². The van der Waals surface area contributed by atoms with E-state index in [0.29, 0.717) is 31.2 Å². The minimum absolute atomic E-state index is 0.0237. The highest BCUT2D eigenvalue weighted by molar-refractivity contribution is 5.90. The number of amides is 1. The van der Waals surface area contributed by atoms with Crippen LogP contribution >= 0.6 is 0 Å². The van der Waals surface area contributed by atoms with Crippen molar-refractivity contribution in [3.05, 3.63) is 28.7 Å². The van der Waals surface area contributed by atoms with Crippen molar-refractivity contribution in [2.45, 2.75) is 38.8 Å². The van der Waals surface area contributed by atoms with Gasteiger partial charge in [-0.2, -0.15) is 0 Å². The van der Waals surface area contributed by atoms with Crippen LogP contribution in [0.1, 0.15) is 26.2 Å². The number of nitrogens with one attached hydrogen (secondary N) is 2. The van der Waals surface area contributed by atoms with Gasteiger partial charge in [-0.1, -0.05) is 0 Å². The Morgan fingerprint density at radius 3 is 2.89 bits per heavy atom. The molecule has 98 valence electrons. The molecule has 0 atom stereocenters. The number of carbonyl (C=O) groups is 1. The molecule has 0 aromatic carbocycles. The van der Waals surface area contributed by atoms with Crippen molar-refractivity contribution >= 4 is 11.6 Å². The summed E-state index contributed by atoms with van der Waals surface area (Å²) in [5.74, 6) is -0.0237. The molecule has 5 heteroatoms. The molecule has 1 heterocycles.